The van der Waals surface area contributed by atoms with Gasteiger partial charge in [-0.1, -0.05) is 48.0 Å². The molecule has 0 saturated heterocycles. The van der Waals surface area contributed by atoms with Gasteiger partial charge in [0, 0.05) is 42.9 Å². The van der Waals surface area contributed by atoms with Crippen molar-refractivity contribution in [3.8, 4) is 16.9 Å². The summed E-state index contributed by atoms with van der Waals surface area (Å²) in [4.78, 5) is 15.2. The number of carbonyl (C=O) groups is 1. The van der Waals surface area contributed by atoms with Gasteiger partial charge in [-0.05, 0) is 67.4 Å². The fourth-order valence-corrected chi connectivity index (χ4v) is 4.06. The number of carbonyl (C=O) groups excluding carboxylic acids is 1. The van der Waals surface area contributed by atoms with Gasteiger partial charge in [-0.2, -0.15) is 0 Å². The van der Waals surface area contributed by atoms with Crippen molar-refractivity contribution in [3.05, 3.63) is 89.0 Å². The summed E-state index contributed by atoms with van der Waals surface area (Å²) >= 11 is 0. The van der Waals surface area contributed by atoms with E-state index in [1.165, 1.54) is 5.56 Å². The summed E-state index contributed by atoms with van der Waals surface area (Å²) < 4.78 is 5.92. The Kier molecular flexibility index (Phi) is 7.78. The molecule has 3 aromatic carbocycles. The Morgan fingerprint density at radius 1 is 1.03 bits per heavy atom. The van der Waals surface area contributed by atoms with Gasteiger partial charge in [0.25, 0.3) is 5.91 Å². The van der Waals surface area contributed by atoms with E-state index < -0.39 is 0 Å². The van der Waals surface area contributed by atoms with Gasteiger partial charge in [0.05, 0.1) is 6.61 Å². The van der Waals surface area contributed by atoms with Crippen LogP contribution in [0.1, 0.15) is 29.5 Å². The van der Waals surface area contributed by atoms with E-state index in [2.05, 4.69) is 53.5 Å². The van der Waals surface area contributed by atoms with Crippen LogP contribution in [0.25, 0.3) is 17.2 Å². The van der Waals surface area contributed by atoms with Gasteiger partial charge >= 0.3 is 0 Å². The minimum Gasteiger partial charge on any atom is -0.493 e. The molecule has 4 rings (SSSR count). The highest BCUT2D eigenvalue weighted by molar-refractivity contribution is 6.07. The zero-order valence-corrected chi connectivity index (χ0v) is 19.9. The standard InChI is InChI=1S/C29H32N2O3/c1-21-4-8-23(9-5-21)24-10-13-28-26(18-24)19-25(14-17-34-28)29(33)30-27-11-6-22(7-12-27)20-31(2)15-3-16-32/h4-13,18-19,32H,3,14-17,20H2,1-2H3,(H,30,33). The molecule has 1 aliphatic rings. The van der Waals surface area contributed by atoms with Gasteiger partial charge in [0.15, 0.2) is 0 Å². The van der Waals surface area contributed by atoms with Gasteiger partial charge in [0.2, 0.25) is 0 Å². The van der Waals surface area contributed by atoms with Crippen LogP contribution in [-0.4, -0.2) is 42.7 Å². The van der Waals surface area contributed by atoms with Crippen LogP contribution in [0.3, 0.4) is 0 Å². The largest absolute Gasteiger partial charge is 0.493 e. The molecule has 0 radical (unpaired) electrons. The summed E-state index contributed by atoms with van der Waals surface area (Å²) in [7, 11) is 2.04. The van der Waals surface area contributed by atoms with Crippen molar-refractivity contribution < 1.29 is 14.6 Å². The molecular formula is C29H32N2O3. The molecule has 0 bridgehead atoms. The number of benzene rings is 3. The highest BCUT2D eigenvalue weighted by Gasteiger charge is 2.16. The van der Waals surface area contributed by atoms with Crippen molar-refractivity contribution in [2.24, 2.45) is 0 Å². The van der Waals surface area contributed by atoms with E-state index in [1.54, 1.807) is 0 Å². The molecule has 34 heavy (non-hydrogen) atoms. The van der Waals surface area contributed by atoms with E-state index >= 15 is 0 Å². The van der Waals surface area contributed by atoms with E-state index in [-0.39, 0.29) is 12.5 Å². The topological polar surface area (TPSA) is 61.8 Å². The Labute approximate surface area is 201 Å². The summed E-state index contributed by atoms with van der Waals surface area (Å²) in [5.41, 5.74) is 7.01. The van der Waals surface area contributed by atoms with Crippen molar-refractivity contribution in [2.75, 3.05) is 32.1 Å². The van der Waals surface area contributed by atoms with Crippen LogP contribution < -0.4 is 10.1 Å². The normalized spacial score (nSPS) is 13.0. The van der Waals surface area contributed by atoms with Crippen molar-refractivity contribution >= 4 is 17.7 Å². The molecule has 1 aliphatic heterocycles. The Morgan fingerprint density at radius 3 is 2.50 bits per heavy atom. The molecule has 1 heterocycles. The molecule has 5 nitrogen and oxygen atoms in total. The maximum absolute atomic E-state index is 13.0. The zero-order valence-electron chi connectivity index (χ0n) is 19.9. The number of aliphatic hydroxyl groups excluding tert-OH is 1. The van der Waals surface area contributed by atoms with E-state index in [0.29, 0.717) is 18.6 Å². The third-order valence-electron chi connectivity index (χ3n) is 6.01. The van der Waals surface area contributed by atoms with E-state index in [1.807, 2.05) is 43.5 Å². The summed E-state index contributed by atoms with van der Waals surface area (Å²) in [6, 6.07) is 22.5. The fourth-order valence-electron chi connectivity index (χ4n) is 4.06. The molecule has 0 aromatic heterocycles. The molecule has 0 atom stereocenters. The molecule has 0 saturated carbocycles. The predicted molar refractivity (Wildman–Crippen MR) is 138 cm³/mol. The smallest absolute Gasteiger partial charge is 0.251 e. The van der Waals surface area contributed by atoms with E-state index in [4.69, 9.17) is 9.84 Å². The van der Waals surface area contributed by atoms with Gasteiger partial charge in [-0.25, -0.2) is 0 Å². The van der Waals surface area contributed by atoms with Crippen LogP contribution in [0.4, 0.5) is 5.69 Å². The molecule has 0 unspecified atom stereocenters. The maximum Gasteiger partial charge on any atom is 0.251 e. The highest BCUT2D eigenvalue weighted by Crippen LogP contribution is 2.31. The Balaban J connectivity index is 1.46. The highest BCUT2D eigenvalue weighted by atomic mass is 16.5. The van der Waals surface area contributed by atoms with Crippen LogP contribution in [0.15, 0.2) is 72.3 Å². The van der Waals surface area contributed by atoms with Crippen LogP contribution in [0, 0.1) is 6.92 Å². The van der Waals surface area contributed by atoms with E-state index in [9.17, 15) is 4.79 Å². The average molecular weight is 457 g/mol. The lowest BCUT2D eigenvalue weighted by molar-refractivity contribution is -0.113. The second-order valence-electron chi connectivity index (χ2n) is 8.85. The van der Waals surface area contributed by atoms with Gasteiger partial charge in [-0.15, -0.1) is 0 Å². The summed E-state index contributed by atoms with van der Waals surface area (Å²) in [6.07, 6.45) is 3.26. The lowest BCUT2D eigenvalue weighted by Gasteiger charge is -2.16. The van der Waals surface area contributed by atoms with Crippen LogP contribution in [0.2, 0.25) is 0 Å². The predicted octanol–water partition coefficient (Wildman–Crippen LogP) is 5.28. The number of hydrogen-bond donors (Lipinski definition) is 2. The van der Waals surface area contributed by atoms with Crippen LogP contribution in [0.5, 0.6) is 5.75 Å². The lowest BCUT2D eigenvalue weighted by atomic mass is 10.00. The Bertz CT molecular complexity index is 1150. The number of ether oxygens (including phenoxy) is 1. The van der Waals surface area contributed by atoms with Crippen molar-refractivity contribution in [1.82, 2.24) is 4.90 Å². The Hall–Kier alpha value is -3.41. The number of fused-ring (bicyclic) bond motifs is 1. The minimum atomic E-state index is -0.106. The first-order valence-electron chi connectivity index (χ1n) is 11.8. The number of aryl methyl sites for hydroxylation is 1. The zero-order chi connectivity index (χ0) is 23.9. The number of amides is 1. The summed E-state index contributed by atoms with van der Waals surface area (Å²) in [5.74, 6) is 0.693. The first-order valence-corrected chi connectivity index (χ1v) is 11.8. The number of nitrogens with one attached hydrogen (secondary N) is 1. The second-order valence-corrected chi connectivity index (χ2v) is 8.85. The first kappa shape index (κ1) is 23.7. The number of nitrogens with zero attached hydrogens (tertiary/aromatic N) is 1. The molecule has 176 valence electrons. The molecule has 3 aromatic rings. The quantitative estimate of drug-likeness (QED) is 0.484. The SMILES string of the molecule is Cc1ccc(-c2ccc3c(c2)C=C(C(=O)Nc2ccc(CN(C)CCCO)cc2)CCO3)cc1. The molecule has 2 N–H and O–H groups in total. The van der Waals surface area contributed by atoms with Gasteiger partial charge in [0.1, 0.15) is 5.75 Å². The monoisotopic (exact) mass is 456 g/mol. The maximum atomic E-state index is 13.0. The van der Waals surface area contributed by atoms with E-state index in [0.717, 1.165) is 53.2 Å². The fraction of sp³-hybridized carbons (Fsp3) is 0.276. The number of anilines is 1. The molecule has 1 amide bonds. The summed E-state index contributed by atoms with van der Waals surface area (Å²) in [6.45, 7) is 4.39. The first-order chi connectivity index (χ1) is 16.5. The molecule has 0 spiro atoms. The minimum absolute atomic E-state index is 0.106. The van der Waals surface area contributed by atoms with Crippen LogP contribution >= 0.6 is 0 Å². The lowest BCUT2D eigenvalue weighted by Crippen LogP contribution is -2.20. The molecule has 5 heteroatoms. The molecular weight excluding hydrogens is 424 g/mol. The van der Waals surface area contributed by atoms with Gasteiger partial charge in [-0.3, -0.25) is 4.79 Å². The second kappa shape index (κ2) is 11.1. The number of aliphatic hydroxyl groups is 1. The third kappa shape index (κ3) is 6.13. The summed E-state index contributed by atoms with van der Waals surface area (Å²) in [5, 5.41) is 12.0. The van der Waals surface area contributed by atoms with Crippen LogP contribution in [-0.2, 0) is 11.3 Å². The Morgan fingerprint density at radius 2 is 1.76 bits per heavy atom. The molecule has 0 aliphatic carbocycles. The number of rotatable bonds is 8. The average Bonchev–Trinajstić information content (AvgIpc) is 3.06. The van der Waals surface area contributed by atoms with Crippen molar-refractivity contribution in [1.29, 1.82) is 0 Å². The van der Waals surface area contributed by atoms with Crippen molar-refractivity contribution in [3.63, 3.8) is 0 Å². The van der Waals surface area contributed by atoms with Crippen molar-refractivity contribution in [2.45, 2.75) is 26.3 Å². The molecule has 0 fully saturated rings. The van der Waals surface area contributed by atoms with Gasteiger partial charge < -0.3 is 20.1 Å². The third-order valence-corrected chi connectivity index (χ3v) is 6.01. The number of hydrogen-bond acceptors (Lipinski definition) is 4.